The molecule has 2 heterocycles. The number of fused-ring (bicyclic) bond motifs is 2. The van der Waals surface area contributed by atoms with Crippen LogP contribution in [0.2, 0.25) is 0 Å². The lowest BCUT2D eigenvalue weighted by atomic mass is 9.97. The monoisotopic (exact) mass is 372 g/mol. The van der Waals surface area contributed by atoms with Crippen molar-refractivity contribution in [1.82, 2.24) is 0 Å². The number of hydrogen-bond acceptors (Lipinski definition) is 5. The van der Waals surface area contributed by atoms with Crippen LogP contribution < -0.4 is 4.74 Å². The molecular formula is C21H24O4S. The number of ether oxygens (including phenoxy) is 2. The van der Waals surface area contributed by atoms with Gasteiger partial charge in [-0.2, -0.15) is 0 Å². The number of unbranched alkanes of at least 4 members (excludes halogenated alkanes) is 1. The highest BCUT2D eigenvalue weighted by molar-refractivity contribution is 7.12. The molecule has 1 aromatic carbocycles. The van der Waals surface area contributed by atoms with E-state index >= 15 is 0 Å². The first-order valence-corrected chi connectivity index (χ1v) is 9.78. The summed E-state index contributed by atoms with van der Waals surface area (Å²) in [5.41, 5.74) is 2.24. The average Bonchev–Trinajstić information content (AvgIpc) is 3.02. The lowest BCUT2D eigenvalue weighted by Gasteiger charge is -2.16. The Morgan fingerprint density at radius 1 is 1.23 bits per heavy atom. The van der Waals surface area contributed by atoms with Gasteiger partial charge >= 0.3 is 5.97 Å². The molecule has 1 aliphatic heterocycles. The van der Waals surface area contributed by atoms with Crippen LogP contribution in [0.25, 0.3) is 0 Å². The Bertz CT molecular complexity index is 814. The Morgan fingerprint density at radius 3 is 2.81 bits per heavy atom. The number of esters is 1. The number of ketones is 1. The third-order valence-electron chi connectivity index (χ3n) is 4.33. The summed E-state index contributed by atoms with van der Waals surface area (Å²) < 4.78 is 11.1. The summed E-state index contributed by atoms with van der Waals surface area (Å²) in [6.07, 6.45) is 2.54. The van der Waals surface area contributed by atoms with Crippen molar-refractivity contribution in [3.8, 4) is 5.75 Å². The molecule has 2 aromatic rings. The Labute approximate surface area is 158 Å². The predicted octanol–water partition coefficient (Wildman–Crippen LogP) is 4.78. The minimum absolute atomic E-state index is 0.0449. The smallest absolute Gasteiger partial charge is 0.311 e. The molecule has 1 aromatic heterocycles. The molecule has 0 N–H and O–H groups in total. The maximum atomic E-state index is 12.8. The molecule has 0 bridgehead atoms. The maximum Gasteiger partial charge on any atom is 0.311 e. The first-order valence-electron chi connectivity index (χ1n) is 8.90. The fourth-order valence-electron chi connectivity index (χ4n) is 2.77. The number of carbonyl (C=O) groups excluding carboxylic acids is 2. The van der Waals surface area contributed by atoms with E-state index in [-0.39, 0.29) is 11.8 Å². The second-order valence-corrected chi connectivity index (χ2v) is 8.48. The highest BCUT2D eigenvalue weighted by Gasteiger charge is 2.24. The largest absolute Gasteiger partial charge is 0.488 e. The standard InChI is InChI=1S/C21H24O4S/c1-21(2,3)20(23)24-10-5-4-6-14-7-8-17-16(12-14)18(22)19-15(13-25-17)9-11-26-19/h7-9,11-12H,4-6,10,13H2,1-3H3. The molecule has 0 fully saturated rings. The van der Waals surface area contributed by atoms with E-state index in [1.807, 2.05) is 50.4 Å². The summed E-state index contributed by atoms with van der Waals surface area (Å²) in [6.45, 7) is 6.42. The fourth-order valence-corrected chi connectivity index (χ4v) is 3.64. The van der Waals surface area contributed by atoms with Crippen molar-refractivity contribution in [2.45, 2.75) is 46.6 Å². The van der Waals surface area contributed by atoms with E-state index in [9.17, 15) is 9.59 Å². The first-order chi connectivity index (χ1) is 12.4. The normalized spacial score (nSPS) is 13.4. The van der Waals surface area contributed by atoms with E-state index < -0.39 is 5.41 Å². The van der Waals surface area contributed by atoms with Gasteiger partial charge in [0, 0.05) is 5.56 Å². The Morgan fingerprint density at radius 2 is 2.04 bits per heavy atom. The second kappa shape index (κ2) is 7.62. The summed E-state index contributed by atoms with van der Waals surface area (Å²) in [4.78, 5) is 25.3. The van der Waals surface area contributed by atoms with E-state index in [0.717, 1.165) is 35.3 Å². The number of carbonyl (C=O) groups is 2. The van der Waals surface area contributed by atoms with Crippen LogP contribution in [-0.4, -0.2) is 18.4 Å². The summed E-state index contributed by atoms with van der Waals surface area (Å²) in [5.74, 6) is 0.529. The minimum Gasteiger partial charge on any atom is -0.488 e. The van der Waals surface area contributed by atoms with Gasteiger partial charge in [-0.1, -0.05) is 6.07 Å². The van der Waals surface area contributed by atoms with Gasteiger partial charge in [-0.15, -0.1) is 11.3 Å². The molecule has 0 atom stereocenters. The SMILES string of the molecule is CC(C)(C)C(=O)OCCCCc1ccc2c(c1)C(=O)c1sccc1CO2. The zero-order valence-corrected chi connectivity index (χ0v) is 16.3. The van der Waals surface area contributed by atoms with Gasteiger partial charge < -0.3 is 9.47 Å². The number of benzene rings is 1. The Kier molecular flexibility index (Phi) is 5.47. The third-order valence-corrected chi connectivity index (χ3v) is 5.29. The van der Waals surface area contributed by atoms with Crippen LogP contribution in [0.4, 0.5) is 0 Å². The van der Waals surface area contributed by atoms with Crippen LogP contribution in [0.5, 0.6) is 5.75 Å². The van der Waals surface area contributed by atoms with Crippen molar-refractivity contribution in [3.05, 3.63) is 51.2 Å². The van der Waals surface area contributed by atoms with Gasteiger partial charge in [0.05, 0.1) is 22.5 Å². The molecule has 138 valence electrons. The first kappa shape index (κ1) is 18.6. The van der Waals surface area contributed by atoms with Gasteiger partial charge in [0.2, 0.25) is 5.78 Å². The zero-order valence-electron chi connectivity index (χ0n) is 15.5. The van der Waals surface area contributed by atoms with Crippen LogP contribution in [0, 0.1) is 5.41 Å². The van der Waals surface area contributed by atoms with Crippen molar-refractivity contribution in [2.24, 2.45) is 5.41 Å². The predicted molar refractivity (Wildman–Crippen MR) is 102 cm³/mol. The number of rotatable bonds is 5. The molecule has 5 heteroatoms. The van der Waals surface area contributed by atoms with Crippen molar-refractivity contribution in [2.75, 3.05) is 6.61 Å². The lowest BCUT2D eigenvalue weighted by molar-refractivity contribution is -0.153. The van der Waals surface area contributed by atoms with Gasteiger partial charge in [-0.05, 0) is 69.2 Å². The van der Waals surface area contributed by atoms with E-state index in [2.05, 4.69) is 0 Å². The number of thiophene rings is 1. The molecule has 0 aliphatic carbocycles. The van der Waals surface area contributed by atoms with E-state index in [0.29, 0.717) is 24.5 Å². The average molecular weight is 372 g/mol. The third kappa shape index (κ3) is 4.15. The van der Waals surface area contributed by atoms with Gasteiger partial charge in [-0.25, -0.2) is 0 Å². The summed E-state index contributed by atoms with van der Waals surface area (Å²) in [5, 5.41) is 1.93. The molecule has 0 unspecified atom stereocenters. The lowest BCUT2D eigenvalue weighted by Crippen LogP contribution is -2.23. The van der Waals surface area contributed by atoms with Gasteiger partial charge in [0.25, 0.3) is 0 Å². The molecule has 0 spiro atoms. The van der Waals surface area contributed by atoms with Crippen molar-refractivity contribution in [3.63, 3.8) is 0 Å². The molecule has 0 amide bonds. The van der Waals surface area contributed by atoms with Gasteiger partial charge in [0.1, 0.15) is 12.4 Å². The van der Waals surface area contributed by atoms with E-state index in [1.165, 1.54) is 11.3 Å². The maximum absolute atomic E-state index is 12.8. The Hall–Kier alpha value is -2.14. The quantitative estimate of drug-likeness (QED) is 0.560. The molecule has 0 saturated carbocycles. The highest BCUT2D eigenvalue weighted by Crippen LogP contribution is 2.32. The topological polar surface area (TPSA) is 52.6 Å². The molecule has 4 nitrogen and oxygen atoms in total. The summed E-state index contributed by atoms with van der Waals surface area (Å²) in [6, 6.07) is 7.78. The molecule has 26 heavy (non-hydrogen) atoms. The van der Waals surface area contributed by atoms with Gasteiger partial charge in [0.15, 0.2) is 0 Å². The van der Waals surface area contributed by atoms with Gasteiger partial charge in [-0.3, -0.25) is 9.59 Å². The van der Waals surface area contributed by atoms with Crippen molar-refractivity contribution < 1.29 is 19.1 Å². The molecule has 0 radical (unpaired) electrons. The molecule has 1 aliphatic rings. The number of aryl methyl sites for hydroxylation is 1. The molecule has 3 rings (SSSR count). The number of hydrogen-bond donors (Lipinski definition) is 0. The zero-order chi connectivity index (χ0) is 18.7. The summed E-state index contributed by atoms with van der Waals surface area (Å²) in [7, 11) is 0. The van der Waals surface area contributed by atoms with Crippen LogP contribution in [0.1, 0.15) is 60.0 Å². The van der Waals surface area contributed by atoms with E-state index in [1.54, 1.807) is 0 Å². The minimum atomic E-state index is -0.460. The van der Waals surface area contributed by atoms with E-state index in [4.69, 9.17) is 9.47 Å². The van der Waals surface area contributed by atoms with Crippen LogP contribution in [-0.2, 0) is 22.6 Å². The second-order valence-electron chi connectivity index (χ2n) is 7.57. The fraction of sp³-hybridized carbons (Fsp3) is 0.429. The molecular weight excluding hydrogens is 348 g/mol. The highest BCUT2D eigenvalue weighted by atomic mass is 32.1. The van der Waals surface area contributed by atoms with Crippen LogP contribution >= 0.6 is 11.3 Å². The van der Waals surface area contributed by atoms with Crippen molar-refractivity contribution in [1.29, 1.82) is 0 Å². The molecule has 0 saturated heterocycles. The van der Waals surface area contributed by atoms with Crippen LogP contribution in [0.3, 0.4) is 0 Å². The van der Waals surface area contributed by atoms with Crippen LogP contribution in [0.15, 0.2) is 29.6 Å². The summed E-state index contributed by atoms with van der Waals surface area (Å²) >= 11 is 1.47. The van der Waals surface area contributed by atoms with Crippen molar-refractivity contribution >= 4 is 23.1 Å². The Balaban J connectivity index is 1.58.